The first kappa shape index (κ1) is 17.5. The number of pyridine rings is 1. The molecule has 2 N–H and O–H groups in total. The number of nitrogens with two attached hydrogens (primary N) is 1. The van der Waals surface area contributed by atoms with Crippen LogP contribution in [0.15, 0.2) is 54.9 Å². The van der Waals surface area contributed by atoms with E-state index in [1.807, 2.05) is 30.3 Å². The summed E-state index contributed by atoms with van der Waals surface area (Å²) in [6, 6.07) is 12.0. The third-order valence-corrected chi connectivity index (χ3v) is 4.47. The summed E-state index contributed by atoms with van der Waals surface area (Å²) in [5.41, 5.74) is 8.64. The molecule has 0 fully saturated rings. The summed E-state index contributed by atoms with van der Waals surface area (Å²) in [5, 5.41) is 0.309. The SMILES string of the molecule is C[C@@H](Oc1cncc(-c2ccc(N)cc2)c1)c1c(Cl)ccc(F)c1Cl. The van der Waals surface area contributed by atoms with Gasteiger partial charge in [-0.15, -0.1) is 0 Å². The monoisotopic (exact) mass is 376 g/mol. The third-order valence-electron chi connectivity index (χ3n) is 3.76. The van der Waals surface area contributed by atoms with Crippen LogP contribution in [0.25, 0.3) is 11.1 Å². The molecule has 1 aromatic heterocycles. The van der Waals surface area contributed by atoms with Crippen molar-refractivity contribution in [2.45, 2.75) is 13.0 Å². The fourth-order valence-electron chi connectivity index (χ4n) is 2.50. The molecule has 128 valence electrons. The van der Waals surface area contributed by atoms with Crippen molar-refractivity contribution in [3.63, 3.8) is 0 Å². The average molecular weight is 377 g/mol. The van der Waals surface area contributed by atoms with Gasteiger partial charge >= 0.3 is 0 Å². The Labute approximate surface area is 155 Å². The van der Waals surface area contributed by atoms with Gasteiger partial charge in [-0.3, -0.25) is 4.98 Å². The van der Waals surface area contributed by atoms with Gasteiger partial charge in [0.1, 0.15) is 17.7 Å². The molecule has 0 aliphatic rings. The van der Waals surface area contributed by atoms with E-state index in [4.69, 9.17) is 33.7 Å². The Morgan fingerprint density at radius 3 is 2.48 bits per heavy atom. The summed E-state index contributed by atoms with van der Waals surface area (Å²) in [6.45, 7) is 1.75. The third kappa shape index (κ3) is 3.86. The van der Waals surface area contributed by atoms with Crippen LogP contribution in [-0.2, 0) is 0 Å². The zero-order valence-electron chi connectivity index (χ0n) is 13.3. The van der Waals surface area contributed by atoms with Gasteiger partial charge < -0.3 is 10.5 Å². The number of halogens is 3. The molecule has 0 saturated heterocycles. The number of anilines is 1. The molecular formula is C19H15Cl2FN2O. The van der Waals surface area contributed by atoms with Crippen LogP contribution in [-0.4, -0.2) is 4.98 Å². The van der Waals surface area contributed by atoms with E-state index < -0.39 is 11.9 Å². The first-order valence-corrected chi connectivity index (χ1v) is 8.32. The molecule has 3 rings (SSSR count). The second kappa shape index (κ2) is 7.30. The van der Waals surface area contributed by atoms with Crippen LogP contribution in [0.2, 0.25) is 10.0 Å². The minimum atomic E-state index is -0.542. The summed E-state index contributed by atoms with van der Waals surface area (Å²) in [6.07, 6.45) is 2.77. The minimum absolute atomic E-state index is 0.0392. The molecule has 2 aromatic carbocycles. The van der Waals surface area contributed by atoms with Crippen LogP contribution >= 0.6 is 23.2 Å². The van der Waals surface area contributed by atoms with Crippen LogP contribution in [0, 0.1) is 5.82 Å². The molecule has 0 unspecified atom stereocenters. The highest BCUT2D eigenvalue weighted by Crippen LogP contribution is 2.35. The van der Waals surface area contributed by atoms with Crippen LogP contribution in [0.1, 0.15) is 18.6 Å². The van der Waals surface area contributed by atoms with Gasteiger partial charge in [0.05, 0.1) is 11.2 Å². The molecule has 1 heterocycles. The number of hydrogen-bond donors (Lipinski definition) is 1. The largest absolute Gasteiger partial charge is 0.484 e. The van der Waals surface area contributed by atoms with E-state index in [-0.39, 0.29) is 5.02 Å². The lowest BCUT2D eigenvalue weighted by molar-refractivity contribution is 0.226. The predicted molar refractivity (Wildman–Crippen MR) is 99.5 cm³/mol. The van der Waals surface area contributed by atoms with Crippen molar-refractivity contribution in [1.82, 2.24) is 4.98 Å². The van der Waals surface area contributed by atoms with Crippen LogP contribution in [0.4, 0.5) is 10.1 Å². The fraction of sp³-hybridized carbons (Fsp3) is 0.105. The van der Waals surface area contributed by atoms with Gasteiger partial charge in [0, 0.05) is 28.0 Å². The van der Waals surface area contributed by atoms with Gasteiger partial charge in [-0.05, 0) is 42.8 Å². The summed E-state index contributed by atoms with van der Waals surface area (Å²) >= 11 is 12.2. The summed E-state index contributed by atoms with van der Waals surface area (Å²) < 4.78 is 19.6. The molecule has 25 heavy (non-hydrogen) atoms. The van der Waals surface area contributed by atoms with Crippen molar-refractivity contribution in [2.24, 2.45) is 0 Å². The maximum atomic E-state index is 13.7. The highest BCUT2D eigenvalue weighted by molar-refractivity contribution is 6.36. The lowest BCUT2D eigenvalue weighted by atomic mass is 10.1. The minimum Gasteiger partial charge on any atom is -0.484 e. The molecule has 3 aromatic rings. The Hall–Kier alpha value is -2.30. The van der Waals surface area contributed by atoms with E-state index in [1.54, 1.807) is 19.3 Å². The molecule has 6 heteroatoms. The summed E-state index contributed by atoms with van der Waals surface area (Å²) in [5.74, 6) is -0.0107. The standard InChI is InChI=1S/C19H15Cl2FN2O/c1-11(18-16(20)6-7-17(22)19(18)21)25-15-8-13(9-24-10-15)12-2-4-14(23)5-3-12/h2-11H,23H2,1H3/t11-/m1/s1. The topological polar surface area (TPSA) is 48.1 Å². The zero-order chi connectivity index (χ0) is 18.0. The smallest absolute Gasteiger partial charge is 0.142 e. The molecule has 3 nitrogen and oxygen atoms in total. The molecule has 0 amide bonds. The summed E-state index contributed by atoms with van der Waals surface area (Å²) in [7, 11) is 0. The van der Waals surface area contributed by atoms with Gasteiger partial charge in [-0.2, -0.15) is 0 Å². The number of hydrogen-bond acceptors (Lipinski definition) is 3. The van der Waals surface area contributed by atoms with Gasteiger partial charge in [0.2, 0.25) is 0 Å². The quantitative estimate of drug-likeness (QED) is 0.454. The molecule has 0 radical (unpaired) electrons. The van der Waals surface area contributed by atoms with E-state index >= 15 is 0 Å². The molecule has 0 aliphatic heterocycles. The molecule has 1 atom stereocenters. The highest BCUT2D eigenvalue weighted by Gasteiger charge is 2.19. The van der Waals surface area contributed by atoms with E-state index in [2.05, 4.69) is 4.98 Å². The van der Waals surface area contributed by atoms with Crippen molar-refractivity contribution < 1.29 is 9.13 Å². The Kier molecular flexibility index (Phi) is 5.11. The van der Waals surface area contributed by atoms with E-state index in [0.717, 1.165) is 11.1 Å². The molecule has 0 spiro atoms. The fourth-order valence-corrected chi connectivity index (χ4v) is 3.17. The van der Waals surface area contributed by atoms with Crippen molar-refractivity contribution >= 4 is 28.9 Å². The molecule has 0 bridgehead atoms. The lowest BCUT2D eigenvalue weighted by Crippen LogP contribution is -2.06. The van der Waals surface area contributed by atoms with Crippen molar-refractivity contribution in [2.75, 3.05) is 5.73 Å². The summed E-state index contributed by atoms with van der Waals surface area (Å²) in [4.78, 5) is 4.20. The maximum absolute atomic E-state index is 13.7. The van der Waals surface area contributed by atoms with Gasteiger partial charge in [-0.1, -0.05) is 35.3 Å². The lowest BCUT2D eigenvalue weighted by Gasteiger charge is -2.18. The van der Waals surface area contributed by atoms with E-state index in [9.17, 15) is 4.39 Å². The van der Waals surface area contributed by atoms with Crippen LogP contribution < -0.4 is 10.5 Å². The van der Waals surface area contributed by atoms with Crippen LogP contribution in [0.3, 0.4) is 0 Å². The molecule has 0 aliphatic carbocycles. The normalized spacial score (nSPS) is 12.0. The number of rotatable bonds is 4. The van der Waals surface area contributed by atoms with Crippen molar-refractivity contribution in [3.05, 3.63) is 76.3 Å². The molecule has 0 saturated carbocycles. The zero-order valence-corrected chi connectivity index (χ0v) is 14.9. The Morgan fingerprint density at radius 1 is 1.04 bits per heavy atom. The average Bonchev–Trinajstić information content (AvgIpc) is 2.59. The first-order valence-electron chi connectivity index (χ1n) is 7.56. The number of aromatic nitrogens is 1. The second-order valence-corrected chi connectivity index (χ2v) is 6.33. The van der Waals surface area contributed by atoms with E-state index in [1.165, 1.54) is 12.1 Å². The number of benzene rings is 2. The van der Waals surface area contributed by atoms with E-state index in [0.29, 0.717) is 22.0 Å². The Bertz CT molecular complexity index is 900. The van der Waals surface area contributed by atoms with Gasteiger partial charge in [0.15, 0.2) is 0 Å². The number of nitrogens with zero attached hydrogens (tertiary/aromatic N) is 1. The predicted octanol–water partition coefficient (Wildman–Crippen LogP) is 5.92. The van der Waals surface area contributed by atoms with Crippen LogP contribution in [0.5, 0.6) is 5.75 Å². The van der Waals surface area contributed by atoms with Crippen molar-refractivity contribution in [1.29, 1.82) is 0 Å². The number of ether oxygens (including phenoxy) is 1. The maximum Gasteiger partial charge on any atom is 0.142 e. The Balaban J connectivity index is 1.88. The van der Waals surface area contributed by atoms with Gasteiger partial charge in [-0.25, -0.2) is 4.39 Å². The Morgan fingerprint density at radius 2 is 1.76 bits per heavy atom. The first-order chi connectivity index (χ1) is 12.0. The second-order valence-electron chi connectivity index (χ2n) is 5.55. The van der Waals surface area contributed by atoms with Gasteiger partial charge in [0.25, 0.3) is 0 Å². The molecular weight excluding hydrogens is 362 g/mol. The van der Waals surface area contributed by atoms with Crippen molar-refractivity contribution in [3.8, 4) is 16.9 Å². The highest BCUT2D eigenvalue weighted by atomic mass is 35.5. The number of nitrogen functional groups attached to an aromatic ring is 1.